The lowest BCUT2D eigenvalue weighted by Gasteiger charge is -2.14. The van der Waals surface area contributed by atoms with Crippen LogP contribution in [0.25, 0.3) is 22.4 Å². The molecule has 0 fully saturated rings. The van der Waals surface area contributed by atoms with E-state index >= 15 is 0 Å². The first kappa shape index (κ1) is 13.0. The van der Waals surface area contributed by atoms with E-state index in [4.69, 9.17) is 10.5 Å². The van der Waals surface area contributed by atoms with Crippen LogP contribution in [0, 0.1) is 0 Å². The molecule has 0 saturated heterocycles. The highest BCUT2D eigenvalue weighted by Crippen LogP contribution is 2.39. The van der Waals surface area contributed by atoms with Crippen LogP contribution in [-0.4, -0.2) is 4.98 Å². The summed E-state index contributed by atoms with van der Waals surface area (Å²) >= 11 is 0. The topological polar surface area (TPSA) is 48.1 Å². The minimum absolute atomic E-state index is 0.564. The highest BCUT2D eigenvalue weighted by atomic mass is 16.5. The molecule has 2 N–H and O–H groups in total. The van der Waals surface area contributed by atoms with Crippen molar-refractivity contribution in [3.63, 3.8) is 0 Å². The molecular weight excluding hydrogens is 272 g/mol. The Morgan fingerprint density at radius 3 is 2.05 bits per heavy atom. The normalized spacial score (nSPS) is 13.1. The van der Waals surface area contributed by atoms with Crippen LogP contribution in [0.3, 0.4) is 0 Å². The second-order valence-corrected chi connectivity index (χ2v) is 5.40. The van der Waals surface area contributed by atoms with Crippen molar-refractivity contribution in [2.24, 2.45) is 0 Å². The Balaban J connectivity index is 1.96. The number of hydrogen-bond acceptors (Lipinski definition) is 3. The molecule has 4 rings (SSSR count). The van der Waals surface area contributed by atoms with E-state index in [9.17, 15) is 0 Å². The lowest BCUT2D eigenvalue weighted by atomic mass is 9.94. The molecule has 0 bridgehead atoms. The summed E-state index contributed by atoms with van der Waals surface area (Å²) in [6.07, 6.45) is 0. The zero-order chi connectivity index (χ0) is 14.9. The molecule has 22 heavy (non-hydrogen) atoms. The predicted molar refractivity (Wildman–Crippen MR) is 88.0 cm³/mol. The monoisotopic (exact) mass is 288 g/mol. The predicted octanol–water partition coefficient (Wildman–Crippen LogP) is 4.03. The summed E-state index contributed by atoms with van der Waals surface area (Å²) in [7, 11) is 0. The smallest absolute Gasteiger partial charge is 0.132 e. The molecule has 108 valence electrons. The zero-order valence-electron chi connectivity index (χ0n) is 12.1. The standard InChI is InChI=1S/C19H16N2O/c20-19-17(13-7-3-1-4-8-13)15-11-22-12-16(15)18(21-19)14-9-5-2-6-10-14/h1-10H,11-12H2,(H2,20,21). The van der Waals surface area contributed by atoms with Crippen molar-refractivity contribution in [1.82, 2.24) is 4.98 Å². The Morgan fingerprint density at radius 2 is 1.36 bits per heavy atom. The van der Waals surface area contributed by atoms with Gasteiger partial charge in [0.15, 0.2) is 0 Å². The first-order chi connectivity index (χ1) is 10.8. The van der Waals surface area contributed by atoms with Crippen LogP contribution in [0.2, 0.25) is 0 Å². The molecule has 0 spiro atoms. The number of hydrogen-bond donors (Lipinski definition) is 1. The van der Waals surface area contributed by atoms with E-state index in [-0.39, 0.29) is 0 Å². The summed E-state index contributed by atoms with van der Waals surface area (Å²) in [6, 6.07) is 20.3. The highest BCUT2D eigenvalue weighted by Gasteiger charge is 2.24. The van der Waals surface area contributed by atoms with Crippen LogP contribution in [0.5, 0.6) is 0 Å². The fraction of sp³-hybridized carbons (Fsp3) is 0.105. The maximum atomic E-state index is 6.30. The van der Waals surface area contributed by atoms with E-state index in [0.717, 1.165) is 33.5 Å². The SMILES string of the molecule is Nc1nc(-c2ccccc2)c2c(c1-c1ccccc1)COC2. The van der Waals surface area contributed by atoms with Gasteiger partial charge in [-0.15, -0.1) is 0 Å². The van der Waals surface area contributed by atoms with Crippen molar-refractivity contribution in [3.8, 4) is 22.4 Å². The Bertz CT molecular complexity index is 814. The van der Waals surface area contributed by atoms with Crippen molar-refractivity contribution in [2.75, 3.05) is 5.73 Å². The Labute approximate surface area is 129 Å². The minimum Gasteiger partial charge on any atom is -0.383 e. The maximum Gasteiger partial charge on any atom is 0.132 e. The third-order valence-corrected chi connectivity index (χ3v) is 4.04. The maximum absolute atomic E-state index is 6.30. The van der Waals surface area contributed by atoms with Crippen molar-refractivity contribution in [3.05, 3.63) is 71.8 Å². The molecule has 0 aliphatic carbocycles. The summed E-state index contributed by atoms with van der Waals surface area (Å²) in [4.78, 5) is 4.69. The fourth-order valence-electron chi connectivity index (χ4n) is 3.02. The van der Waals surface area contributed by atoms with Crippen LogP contribution >= 0.6 is 0 Å². The first-order valence-electron chi connectivity index (χ1n) is 7.34. The van der Waals surface area contributed by atoms with Crippen molar-refractivity contribution in [2.45, 2.75) is 13.2 Å². The van der Waals surface area contributed by atoms with Gasteiger partial charge in [0.1, 0.15) is 5.82 Å². The summed E-state index contributed by atoms with van der Waals surface area (Å²) < 4.78 is 5.70. The molecule has 1 aliphatic rings. The molecule has 3 aromatic rings. The fourth-order valence-corrected chi connectivity index (χ4v) is 3.02. The molecule has 0 radical (unpaired) electrons. The number of aromatic nitrogens is 1. The van der Waals surface area contributed by atoms with Gasteiger partial charge < -0.3 is 10.5 Å². The number of nitrogens with two attached hydrogens (primary N) is 1. The van der Waals surface area contributed by atoms with Gasteiger partial charge in [0, 0.05) is 16.7 Å². The van der Waals surface area contributed by atoms with Crippen LogP contribution in [0.1, 0.15) is 11.1 Å². The van der Waals surface area contributed by atoms with Crippen molar-refractivity contribution >= 4 is 5.82 Å². The van der Waals surface area contributed by atoms with Gasteiger partial charge in [0.25, 0.3) is 0 Å². The molecule has 3 nitrogen and oxygen atoms in total. The third kappa shape index (κ3) is 2.07. The van der Waals surface area contributed by atoms with Gasteiger partial charge in [-0.25, -0.2) is 4.98 Å². The van der Waals surface area contributed by atoms with E-state index in [0.29, 0.717) is 19.0 Å². The molecular formula is C19H16N2O. The number of rotatable bonds is 2. The number of fused-ring (bicyclic) bond motifs is 1. The highest BCUT2D eigenvalue weighted by molar-refractivity contribution is 5.82. The van der Waals surface area contributed by atoms with Gasteiger partial charge in [-0.3, -0.25) is 0 Å². The molecule has 0 atom stereocenters. The van der Waals surface area contributed by atoms with Crippen LogP contribution in [0.15, 0.2) is 60.7 Å². The van der Waals surface area contributed by atoms with Gasteiger partial charge >= 0.3 is 0 Å². The van der Waals surface area contributed by atoms with E-state index in [2.05, 4.69) is 29.2 Å². The number of ether oxygens (including phenoxy) is 1. The number of benzene rings is 2. The van der Waals surface area contributed by atoms with E-state index in [1.54, 1.807) is 0 Å². The number of pyridine rings is 1. The van der Waals surface area contributed by atoms with E-state index < -0.39 is 0 Å². The van der Waals surface area contributed by atoms with E-state index in [1.165, 1.54) is 0 Å². The van der Waals surface area contributed by atoms with Crippen LogP contribution in [-0.2, 0) is 18.0 Å². The molecule has 3 heteroatoms. The van der Waals surface area contributed by atoms with Gasteiger partial charge in [-0.05, 0) is 11.1 Å². The molecule has 0 unspecified atom stereocenters. The van der Waals surface area contributed by atoms with Crippen LogP contribution in [0.4, 0.5) is 5.82 Å². The molecule has 0 amide bonds. The molecule has 2 aromatic carbocycles. The largest absolute Gasteiger partial charge is 0.383 e. The second kappa shape index (κ2) is 5.28. The average molecular weight is 288 g/mol. The molecule has 1 aromatic heterocycles. The Morgan fingerprint density at radius 1 is 0.773 bits per heavy atom. The zero-order valence-corrected chi connectivity index (χ0v) is 12.1. The van der Waals surface area contributed by atoms with Gasteiger partial charge in [-0.2, -0.15) is 0 Å². The molecule has 0 saturated carbocycles. The summed E-state index contributed by atoms with van der Waals surface area (Å²) in [6.45, 7) is 1.18. The quantitative estimate of drug-likeness (QED) is 0.774. The average Bonchev–Trinajstić information content (AvgIpc) is 3.05. The lowest BCUT2D eigenvalue weighted by Crippen LogP contribution is -2.03. The van der Waals surface area contributed by atoms with Crippen molar-refractivity contribution in [1.29, 1.82) is 0 Å². The number of nitrogens with zero attached hydrogens (tertiary/aromatic N) is 1. The molecule has 2 heterocycles. The van der Waals surface area contributed by atoms with Gasteiger partial charge in [-0.1, -0.05) is 60.7 Å². The second-order valence-electron chi connectivity index (χ2n) is 5.40. The molecule has 1 aliphatic heterocycles. The summed E-state index contributed by atoms with van der Waals surface area (Å²) in [5.74, 6) is 0.564. The third-order valence-electron chi connectivity index (χ3n) is 4.04. The lowest BCUT2D eigenvalue weighted by molar-refractivity contribution is 0.135. The summed E-state index contributed by atoms with van der Waals surface area (Å²) in [5, 5.41) is 0. The first-order valence-corrected chi connectivity index (χ1v) is 7.34. The van der Waals surface area contributed by atoms with Crippen molar-refractivity contribution < 1.29 is 4.74 Å². The Hall–Kier alpha value is -2.65. The minimum atomic E-state index is 0.564. The van der Waals surface area contributed by atoms with Gasteiger partial charge in [0.05, 0.1) is 18.9 Å². The number of anilines is 1. The summed E-state index contributed by atoms with van der Waals surface area (Å²) in [5.41, 5.74) is 12.7. The van der Waals surface area contributed by atoms with Crippen LogP contribution < -0.4 is 5.73 Å². The van der Waals surface area contributed by atoms with E-state index in [1.807, 2.05) is 36.4 Å². The number of nitrogen functional groups attached to an aromatic ring is 1. The Kier molecular flexibility index (Phi) is 3.13. The van der Waals surface area contributed by atoms with Gasteiger partial charge in [0.2, 0.25) is 0 Å².